The summed E-state index contributed by atoms with van der Waals surface area (Å²) < 4.78 is 6.27. The lowest BCUT2D eigenvalue weighted by Crippen LogP contribution is -2.52. The first-order valence-electron chi connectivity index (χ1n) is 12.1. The molecule has 7 nitrogen and oxygen atoms in total. The van der Waals surface area contributed by atoms with Gasteiger partial charge < -0.3 is 20.0 Å². The van der Waals surface area contributed by atoms with Crippen LogP contribution in [0, 0.1) is 11.8 Å². The second-order valence-corrected chi connectivity index (χ2v) is 10.6. The van der Waals surface area contributed by atoms with Crippen molar-refractivity contribution < 1.29 is 14.0 Å². The quantitative estimate of drug-likeness (QED) is 0.528. The van der Waals surface area contributed by atoms with Crippen LogP contribution in [-0.2, 0) is 5.54 Å². The molecule has 1 aromatic carbocycles. The first kappa shape index (κ1) is 20.3. The van der Waals surface area contributed by atoms with Crippen LogP contribution in [-0.4, -0.2) is 34.9 Å². The zero-order chi connectivity index (χ0) is 23.0. The SMILES string of the molecule is O=C1Nc2c(Cl)cc3cc(C(=O)N4C[C@@H]5C(c6ccccn6)[C@@H]5C4)oc3c2C2(CCCCC2)N1. The molecule has 7 rings (SSSR count). The molecule has 3 fully saturated rings. The van der Waals surface area contributed by atoms with E-state index in [0.717, 1.165) is 61.8 Å². The standard InChI is InChI=1S/C26H25ClN4O3/c27-17-10-14-11-19(24(32)31-12-15-16(13-31)20(15)18-6-2-5-9-28-18)34-23(14)21-22(17)29-25(33)30-26(21)7-3-1-4-8-26/h2,5-6,9-11,15-16,20H,1,3-4,7-8,12-13H2,(H2,29,30,33)/t15-,16+,20?. The third kappa shape index (κ3) is 2.92. The highest BCUT2D eigenvalue weighted by Gasteiger charge is 2.58. The van der Waals surface area contributed by atoms with Gasteiger partial charge in [-0.05, 0) is 48.9 Å². The number of fused-ring (bicyclic) bond motifs is 5. The maximum Gasteiger partial charge on any atom is 0.319 e. The molecule has 3 aromatic rings. The van der Waals surface area contributed by atoms with Crippen LogP contribution in [0.4, 0.5) is 10.5 Å². The second kappa shape index (κ2) is 7.22. The predicted molar refractivity (Wildman–Crippen MR) is 128 cm³/mol. The maximum atomic E-state index is 13.4. The summed E-state index contributed by atoms with van der Waals surface area (Å²) in [7, 11) is 0. The van der Waals surface area contributed by atoms with E-state index in [1.165, 1.54) is 0 Å². The number of benzene rings is 1. The maximum absolute atomic E-state index is 13.4. The number of hydrogen-bond donors (Lipinski definition) is 2. The minimum atomic E-state index is -0.511. The van der Waals surface area contributed by atoms with E-state index in [2.05, 4.69) is 21.7 Å². The fourth-order valence-electron chi connectivity index (χ4n) is 6.65. The molecule has 2 aliphatic carbocycles. The molecule has 2 N–H and O–H groups in total. The van der Waals surface area contributed by atoms with Crippen molar-refractivity contribution >= 4 is 40.2 Å². The number of carbonyl (C=O) groups excluding carboxylic acids is 2. The van der Waals surface area contributed by atoms with Crippen LogP contribution < -0.4 is 10.6 Å². The van der Waals surface area contributed by atoms with Crippen LogP contribution in [0.15, 0.2) is 40.9 Å². The number of halogens is 1. The predicted octanol–water partition coefficient (Wildman–Crippen LogP) is 5.26. The van der Waals surface area contributed by atoms with E-state index in [9.17, 15) is 9.59 Å². The number of pyridine rings is 1. The topological polar surface area (TPSA) is 87.5 Å². The molecule has 1 unspecified atom stereocenters. The lowest BCUT2D eigenvalue weighted by atomic mass is 9.74. The normalized spacial score (nSPS) is 26.7. The number of likely N-dealkylation sites (tertiary alicyclic amines) is 1. The third-order valence-electron chi connectivity index (χ3n) is 8.26. The zero-order valence-corrected chi connectivity index (χ0v) is 19.4. The van der Waals surface area contributed by atoms with E-state index in [-0.39, 0.29) is 11.9 Å². The molecule has 4 heterocycles. The summed E-state index contributed by atoms with van der Waals surface area (Å²) in [6, 6.07) is 9.39. The van der Waals surface area contributed by atoms with Crippen LogP contribution in [0.5, 0.6) is 0 Å². The lowest BCUT2D eigenvalue weighted by molar-refractivity contribution is 0.0742. The molecular weight excluding hydrogens is 452 g/mol. The van der Waals surface area contributed by atoms with Gasteiger partial charge in [0, 0.05) is 41.8 Å². The van der Waals surface area contributed by atoms with Crippen molar-refractivity contribution in [1.82, 2.24) is 15.2 Å². The van der Waals surface area contributed by atoms with Crippen molar-refractivity contribution in [3.63, 3.8) is 0 Å². The summed E-state index contributed by atoms with van der Waals surface area (Å²) in [6.45, 7) is 1.45. The number of piperidine rings is 1. The second-order valence-electron chi connectivity index (χ2n) is 10.2. The van der Waals surface area contributed by atoms with Gasteiger partial charge in [0.15, 0.2) is 5.76 Å². The van der Waals surface area contributed by atoms with Crippen LogP contribution in [0.25, 0.3) is 11.0 Å². The van der Waals surface area contributed by atoms with Crippen molar-refractivity contribution in [2.24, 2.45) is 11.8 Å². The Labute approximate surface area is 201 Å². The largest absolute Gasteiger partial charge is 0.450 e. The fourth-order valence-corrected chi connectivity index (χ4v) is 6.91. The van der Waals surface area contributed by atoms with Gasteiger partial charge >= 0.3 is 6.03 Å². The Hall–Kier alpha value is -3.06. The number of carbonyl (C=O) groups is 2. The Morgan fingerprint density at radius 2 is 1.94 bits per heavy atom. The highest BCUT2D eigenvalue weighted by atomic mass is 35.5. The molecule has 8 heteroatoms. The number of anilines is 1. The fraction of sp³-hybridized carbons (Fsp3) is 0.423. The zero-order valence-electron chi connectivity index (χ0n) is 18.6. The monoisotopic (exact) mass is 476 g/mol. The molecule has 1 spiro atoms. The number of hydrogen-bond acceptors (Lipinski definition) is 4. The highest BCUT2D eigenvalue weighted by molar-refractivity contribution is 6.35. The molecule has 174 valence electrons. The van der Waals surface area contributed by atoms with Crippen molar-refractivity contribution in [2.75, 3.05) is 18.4 Å². The van der Waals surface area contributed by atoms with Gasteiger partial charge in [0.05, 0.1) is 16.2 Å². The van der Waals surface area contributed by atoms with Gasteiger partial charge in [0.2, 0.25) is 0 Å². The number of aromatic nitrogens is 1. The van der Waals surface area contributed by atoms with Gasteiger partial charge in [-0.3, -0.25) is 9.78 Å². The minimum absolute atomic E-state index is 0.0847. The Bertz CT molecular complexity index is 1320. The van der Waals surface area contributed by atoms with Crippen molar-refractivity contribution in [1.29, 1.82) is 0 Å². The van der Waals surface area contributed by atoms with Gasteiger partial charge in [-0.15, -0.1) is 0 Å². The molecule has 4 aliphatic rings. The van der Waals surface area contributed by atoms with E-state index in [1.807, 2.05) is 23.2 Å². The molecular formula is C26H25ClN4O3. The lowest BCUT2D eigenvalue weighted by Gasteiger charge is -2.42. The van der Waals surface area contributed by atoms with Crippen molar-refractivity contribution in [3.8, 4) is 0 Å². The Balaban J connectivity index is 1.21. The van der Waals surface area contributed by atoms with Crippen molar-refractivity contribution in [3.05, 3.63) is 58.6 Å². The van der Waals surface area contributed by atoms with Gasteiger partial charge in [0.1, 0.15) is 5.58 Å². The van der Waals surface area contributed by atoms with Crippen LogP contribution in [0.3, 0.4) is 0 Å². The average Bonchev–Trinajstić information content (AvgIpc) is 3.15. The Kier molecular flexibility index (Phi) is 4.31. The number of nitrogens with zero attached hydrogens (tertiary/aromatic N) is 2. The van der Waals surface area contributed by atoms with E-state index >= 15 is 0 Å². The van der Waals surface area contributed by atoms with Crippen molar-refractivity contribution in [2.45, 2.75) is 43.6 Å². The summed E-state index contributed by atoms with van der Waals surface area (Å²) >= 11 is 6.62. The van der Waals surface area contributed by atoms with Gasteiger partial charge in [-0.1, -0.05) is 36.9 Å². The molecule has 2 saturated carbocycles. The Morgan fingerprint density at radius 1 is 1.15 bits per heavy atom. The average molecular weight is 477 g/mol. The Morgan fingerprint density at radius 3 is 2.68 bits per heavy atom. The summed E-state index contributed by atoms with van der Waals surface area (Å²) in [5.41, 5.74) is 2.75. The molecule has 3 amide bonds. The van der Waals surface area contributed by atoms with E-state index in [1.54, 1.807) is 12.1 Å². The molecule has 3 atom stereocenters. The number of nitrogens with one attached hydrogen (secondary N) is 2. The van der Waals surface area contributed by atoms with E-state index in [0.29, 0.717) is 39.8 Å². The molecule has 2 aromatic heterocycles. The molecule has 1 saturated heterocycles. The molecule has 0 bridgehead atoms. The molecule has 0 radical (unpaired) electrons. The van der Waals surface area contributed by atoms with Crippen LogP contribution in [0.2, 0.25) is 5.02 Å². The van der Waals surface area contributed by atoms with Crippen LogP contribution >= 0.6 is 11.6 Å². The molecule has 34 heavy (non-hydrogen) atoms. The van der Waals surface area contributed by atoms with Crippen LogP contribution in [0.1, 0.15) is 59.8 Å². The van der Waals surface area contributed by atoms with E-state index < -0.39 is 5.54 Å². The van der Waals surface area contributed by atoms with E-state index in [4.69, 9.17) is 16.0 Å². The van der Waals surface area contributed by atoms with Gasteiger partial charge in [0.25, 0.3) is 5.91 Å². The van der Waals surface area contributed by atoms with Gasteiger partial charge in [-0.2, -0.15) is 0 Å². The summed E-state index contributed by atoms with van der Waals surface area (Å²) in [6.07, 6.45) is 6.68. The smallest absolute Gasteiger partial charge is 0.319 e. The summed E-state index contributed by atoms with van der Waals surface area (Å²) in [4.78, 5) is 32.3. The summed E-state index contributed by atoms with van der Waals surface area (Å²) in [5.74, 6) is 1.63. The first-order valence-corrected chi connectivity index (χ1v) is 12.5. The third-order valence-corrected chi connectivity index (χ3v) is 8.56. The number of urea groups is 1. The molecule has 2 aliphatic heterocycles. The first-order chi connectivity index (χ1) is 16.5. The minimum Gasteiger partial charge on any atom is -0.450 e. The summed E-state index contributed by atoms with van der Waals surface area (Å²) in [5, 5.41) is 7.31. The number of amides is 3. The number of rotatable bonds is 2. The number of furan rings is 1. The van der Waals surface area contributed by atoms with Gasteiger partial charge in [-0.25, -0.2) is 4.79 Å². The highest BCUT2D eigenvalue weighted by Crippen LogP contribution is 2.58.